The van der Waals surface area contributed by atoms with Gasteiger partial charge in [-0.05, 0) is 50.5 Å². The molecule has 6 nitrogen and oxygen atoms in total. The molecule has 1 aliphatic rings. The number of aromatic nitrogens is 2. The molecular weight excluding hydrogens is 304 g/mol. The van der Waals surface area contributed by atoms with Gasteiger partial charge in [-0.3, -0.25) is 0 Å². The molecule has 2 heterocycles. The van der Waals surface area contributed by atoms with Gasteiger partial charge in [-0.15, -0.1) is 0 Å². The van der Waals surface area contributed by atoms with Crippen LogP contribution in [0.1, 0.15) is 36.8 Å². The molecule has 6 heteroatoms. The summed E-state index contributed by atoms with van der Waals surface area (Å²) in [6.07, 6.45) is 5.46. The lowest BCUT2D eigenvalue weighted by Crippen LogP contribution is -2.28. The first-order valence-electron chi connectivity index (χ1n) is 8.49. The minimum absolute atomic E-state index is 0.232. The Kier molecular flexibility index (Phi) is 5.03. The van der Waals surface area contributed by atoms with Gasteiger partial charge in [0, 0.05) is 24.8 Å². The van der Waals surface area contributed by atoms with Crippen molar-refractivity contribution in [1.82, 2.24) is 14.9 Å². The van der Waals surface area contributed by atoms with Crippen LogP contribution in [0.15, 0.2) is 24.4 Å². The van der Waals surface area contributed by atoms with Gasteiger partial charge in [-0.25, -0.2) is 9.78 Å². The van der Waals surface area contributed by atoms with Crippen molar-refractivity contribution in [2.24, 2.45) is 0 Å². The zero-order valence-corrected chi connectivity index (χ0v) is 14.3. The molecule has 1 aromatic carbocycles. The third-order valence-corrected chi connectivity index (χ3v) is 4.12. The molecule has 1 aliphatic heterocycles. The van der Waals surface area contributed by atoms with Crippen LogP contribution < -0.4 is 15.4 Å². The van der Waals surface area contributed by atoms with Gasteiger partial charge in [-0.2, -0.15) is 0 Å². The fourth-order valence-electron chi connectivity index (χ4n) is 2.95. The average molecular weight is 328 g/mol. The van der Waals surface area contributed by atoms with E-state index in [9.17, 15) is 4.79 Å². The number of rotatable bonds is 5. The van der Waals surface area contributed by atoms with E-state index in [2.05, 4.69) is 20.2 Å². The summed E-state index contributed by atoms with van der Waals surface area (Å²) in [5, 5.41) is 5.70. The van der Waals surface area contributed by atoms with Crippen molar-refractivity contribution < 1.29 is 9.53 Å². The standard InChI is InChI=1S/C18H24N4O2/c1-3-24-16-8-7-14(10-13(16)2)21-18(23)19-11-15-12-22-9-5-4-6-17(22)20-15/h7-8,10,12H,3-6,9,11H2,1-2H3,(H2,19,21,23). The van der Waals surface area contributed by atoms with E-state index in [1.54, 1.807) is 0 Å². The first kappa shape index (κ1) is 16.4. The van der Waals surface area contributed by atoms with E-state index in [4.69, 9.17) is 4.74 Å². The number of amides is 2. The van der Waals surface area contributed by atoms with E-state index in [1.807, 2.05) is 38.2 Å². The Balaban J connectivity index is 1.54. The molecule has 3 rings (SSSR count). The smallest absolute Gasteiger partial charge is 0.319 e. The topological polar surface area (TPSA) is 68.2 Å². The quantitative estimate of drug-likeness (QED) is 0.885. The Morgan fingerprint density at radius 1 is 1.38 bits per heavy atom. The van der Waals surface area contributed by atoms with Gasteiger partial charge in [0.05, 0.1) is 18.8 Å². The number of ether oxygens (including phenoxy) is 1. The van der Waals surface area contributed by atoms with Crippen LogP contribution in [-0.4, -0.2) is 22.2 Å². The van der Waals surface area contributed by atoms with Crippen molar-refractivity contribution in [2.75, 3.05) is 11.9 Å². The molecule has 2 N–H and O–H groups in total. The monoisotopic (exact) mass is 328 g/mol. The summed E-state index contributed by atoms with van der Waals surface area (Å²) in [6, 6.07) is 5.38. The third kappa shape index (κ3) is 3.88. The van der Waals surface area contributed by atoms with Crippen LogP contribution in [0, 0.1) is 6.92 Å². The predicted octanol–water partition coefficient (Wildman–Crippen LogP) is 3.25. The number of carbonyl (C=O) groups is 1. The summed E-state index contributed by atoms with van der Waals surface area (Å²) >= 11 is 0. The van der Waals surface area contributed by atoms with Gasteiger partial charge in [-0.1, -0.05) is 0 Å². The van der Waals surface area contributed by atoms with Crippen molar-refractivity contribution in [3.8, 4) is 5.75 Å². The van der Waals surface area contributed by atoms with Crippen molar-refractivity contribution in [2.45, 2.75) is 46.2 Å². The van der Waals surface area contributed by atoms with Crippen LogP contribution in [0.4, 0.5) is 10.5 Å². The Bertz CT molecular complexity index is 700. The van der Waals surface area contributed by atoms with Gasteiger partial charge in [0.15, 0.2) is 0 Å². The van der Waals surface area contributed by atoms with Gasteiger partial charge in [0.25, 0.3) is 0 Å². The number of benzene rings is 1. The molecule has 0 spiro atoms. The second-order valence-corrected chi connectivity index (χ2v) is 6.02. The summed E-state index contributed by atoms with van der Waals surface area (Å²) < 4.78 is 7.69. The van der Waals surface area contributed by atoms with E-state index in [-0.39, 0.29) is 6.03 Å². The zero-order chi connectivity index (χ0) is 16.9. The molecule has 24 heavy (non-hydrogen) atoms. The second-order valence-electron chi connectivity index (χ2n) is 6.02. The summed E-state index contributed by atoms with van der Waals surface area (Å²) in [6.45, 7) is 6.00. The van der Waals surface area contributed by atoms with Crippen molar-refractivity contribution in [1.29, 1.82) is 0 Å². The molecule has 128 valence electrons. The van der Waals surface area contributed by atoms with Crippen LogP contribution in [-0.2, 0) is 19.5 Å². The van der Waals surface area contributed by atoms with E-state index in [1.165, 1.54) is 12.8 Å². The van der Waals surface area contributed by atoms with Crippen LogP contribution in [0.3, 0.4) is 0 Å². The molecule has 0 atom stereocenters. The maximum Gasteiger partial charge on any atom is 0.319 e. The average Bonchev–Trinajstić information content (AvgIpc) is 2.98. The number of imidazole rings is 1. The Morgan fingerprint density at radius 2 is 2.25 bits per heavy atom. The minimum Gasteiger partial charge on any atom is -0.494 e. The highest BCUT2D eigenvalue weighted by Crippen LogP contribution is 2.21. The predicted molar refractivity (Wildman–Crippen MR) is 93.4 cm³/mol. The lowest BCUT2D eigenvalue weighted by Gasteiger charge is -2.11. The SMILES string of the molecule is CCOc1ccc(NC(=O)NCc2cn3c(n2)CCCC3)cc1C. The number of fused-ring (bicyclic) bond motifs is 1. The second kappa shape index (κ2) is 7.38. The molecule has 0 fully saturated rings. The lowest BCUT2D eigenvalue weighted by molar-refractivity contribution is 0.251. The molecule has 2 aromatic rings. The summed E-state index contributed by atoms with van der Waals surface area (Å²) in [5.74, 6) is 1.97. The van der Waals surface area contributed by atoms with Crippen LogP contribution >= 0.6 is 0 Å². The van der Waals surface area contributed by atoms with Gasteiger partial charge in [0.2, 0.25) is 0 Å². The number of carbonyl (C=O) groups excluding carboxylic acids is 1. The molecular formula is C18H24N4O2. The van der Waals surface area contributed by atoms with Crippen LogP contribution in [0.25, 0.3) is 0 Å². The van der Waals surface area contributed by atoms with E-state index < -0.39 is 0 Å². The van der Waals surface area contributed by atoms with Crippen LogP contribution in [0.2, 0.25) is 0 Å². The third-order valence-electron chi connectivity index (χ3n) is 4.12. The summed E-state index contributed by atoms with van der Waals surface area (Å²) in [5.41, 5.74) is 2.65. The van der Waals surface area contributed by atoms with Gasteiger partial charge < -0.3 is 19.9 Å². The number of nitrogens with one attached hydrogen (secondary N) is 2. The molecule has 0 saturated heterocycles. The summed E-state index contributed by atoms with van der Waals surface area (Å²) in [7, 11) is 0. The fourth-order valence-corrected chi connectivity index (χ4v) is 2.95. The lowest BCUT2D eigenvalue weighted by atomic mass is 10.2. The number of nitrogens with zero attached hydrogens (tertiary/aromatic N) is 2. The number of urea groups is 1. The van der Waals surface area contributed by atoms with E-state index >= 15 is 0 Å². The Labute approximate surface area is 142 Å². The molecule has 0 aliphatic carbocycles. The zero-order valence-electron chi connectivity index (χ0n) is 14.3. The van der Waals surface area contributed by atoms with Crippen molar-refractivity contribution >= 4 is 11.7 Å². The molecule has 0 radical (unpaired) electrons. The summed E-state index contributed by atoms with van der Waals surface area (Å²) in [4.78, 5) is 16.6. The number of hydrogen-bond acceptors (Lipinski definition) is 3. The molecule has 2 amide bonds. The van der Waals surface area contributed by atoms with E-state index in [0.29, 0.717) is 13.2 Å². The first-order chi connectivity index (χ1) is 11.7. The maximum absolute atomic E-state index is 12.1. The molecule has 0 unspecified atom stereocenters. The largest absolute Gasteiger partial charge is 0.494 e. The van der Waals surface area contributed by atoms with Crippen molar-refractivity contribution in [3.63, 3.8) is 0 Å². The first-order valence-corrected chi connectivity index (χ1v) is 8.49. The molecule has 0 bridgehead atoms. The number of hydrogen-bond donors (Lipinski definition) is 2. The Hall–Kier alpha value is -2.50. The molecule has 0 saturated carbocycles. The Morgan fingerprint density at radius 3 is 3.00 bits per heavy atom. The van der Waals surface area contributed by atoms with Gasteiger partial charge in [0.1, 0.15) is 11.6 Å². The number of aryl methyl sites for hydroxylation is 3. The minimum atomic E-state index is -0.232. The highest BCUT2D eigenvalue weighted by molar-refractivity contribution is 5.89. The van der Waals surface area contributed by atoms with E-state index in [0.717, 1.165) is 41.5 Å². The highest BCUT2D eigenvalue weighted by Gasteiger charge is 2.12. The highest BCUT2D eigenvalue weighted by atomic mass is 16.5. The van der Waals surface area contributed by atoms with Crippen molar-refractivity contribution in [3.05, 3.63) is 41.5 Å². The van der Waals surface area contributed by atoms with Gasteiger partial charge >= 0.3 is 6.03 Å². The molecule has 1 aromatic heterocycles. The maximum atomic E-state index is 12.1. The number of anilines is 1. The fraction of sp³-hybridized carbons (Fsp3) is 0.444. The normalized spacial score (nSPS) is 13.2. The van der Waals surface area contributed by atoms with Crippen LogP contribution in [0.5, 0.6) is 5.75 Å².